The molecule has 0 radical (unpaired) electrons. The van der Waals surface area contributed by atoms with Crippen LogP contribution in [0.1, 0.15) is 31.5 Å². The fourth-order valence-electron chi connectivity index (χ4n) is 2.22. The van der Waals surface area contributed by atoms with Crippen molar-refractivity contribution in [2.24, 2.45) is 5.73 Å². The van der Waals surface area contributed by atoms with Gasteiger partial charge in [-0.15, -0.1) is 0 Å². The molecule has 1 aromatic heterocycles. The molecule has 0 spiro atoms. The largest absolute Gasteiger partial charge is 0.435 e. The van der Waals surface area contributed by atoms with Crippen molar-refractivity contribution in [2.45, 2.75) is 32.3 Å². The topological polar surface area (TPSA) is 63.9 Å². The second-order valence-corrected chi connectivity index (χ2v) is 4.81. The lowest BCUT2D eigenvalue weighted by Crippen LogP contribution is -2.13. The summed E-state index contributed by atoms with van der Waals surface area (Å²) >= 11 is 0. The highest BCUT2D eigenvalue weighted by molar-refractivity contribution is 5.59. The number of nitrogens with two attached hydrogens (primary N) is 1. The van der Waals surface area contributed by atoms with E-state index in [0.29, 0.717) is 6.54 Å². The minimum Gasteiger partial charge on any atom is -0.435 e. The molecular formula is C15H19F2N3O. The quantitative estimate of drug-likeness (QED) is 0.821. The predicted molar refractivity (Wildman–Crippen MR) is 77.4 cm³/mol. The standard InChI is InChI=1S/C15H19F2N3O/c1-2-3-11(8-18)14-19-9-13(20-14)10-4-6-12(7-5-10)21-15(16)17/h4-7,9,11,15H,2-3,8,18H2,1H3,(H,19,20). The normalized spacial score (nSPS) is 12.6. The van der Waals surface area contributed by atoms with E-state index in [2.05, 4.69) is 21.6 Å². The average Bonchev–Trinajstić information content (AvgIpc) is 2.94. The van der Waals surface area contributed by atoms with Crippen molar-refractivity contribution in [3.63, 3.8) is 0 Å². The van der Waals surface area contributed by atoms with Gasteiger partial charge in [-0.2, -0.15) is 8.78 Å². The molecule has 4 nitrogen and oxygen atoms in total. The van der Waals surface area contributed by atoms with Crippen LogP contribution in [-0.2, 0) is 0 Å². The molecule has 2 aromatic rings. The highest BCUT2D eigenvalue weighted by Crippen LogP contribution is 2.24. The molecule has 1 heterocycles. The van der Waals surface area contributed by atoms with E-state index in [1.807, 2.05) is 0 Å². The molecule has 0 bridgehead atoms. The third kappa shape index (κ3) is 4.01. The SMILES string of the molecule is CCCC(CN)c1ncc(-c2ccc(OC(F)F)cc2)[nH]1. The minimum atomic E-state index is -2.81. The summed E-state index contributed by atoms with van der Waals surface area (Å²) in [5, 5.41) is 0. The van der Waals surface area contributed by atoms with Crippen molar-refractivity contribution in [3.8, 4) is 17.0 Å². The van der Waals surface area contributed by atoms with E-state index in [9.17, 15) is 8.78 Å². The van der Waals surface area contributed by atoms with E-state index in [0.717, 1.165) is 29.9 Å². The second-order valence-electron chi connectivity index (χ2n) is 4.81. The predicted octanol–water partition coefficient (Wildman–Crippen LogP) is 3.52. The molecule has 0 aliphatic carbocycles. The molecule has 2 rings (SSSR count). The van der Waals surface area contributed by atoms with E-state index >= 15 is 0 Å². The first-order chi connectivity index (χ1) is 10.1. The number of ether oxygens (including phenoxy) is 1. The van der Waals surface area contributed by atoms with Crippen molar-refractivity contribution in [1.29, 1.82) is 0 Å². The van der Waals surface area contributed by atoms with Crippen LogP contribution in [0.25, 0.3) is 11.3 Å². The summed E-state index contributed by atoms with van der Waals surface area (Å²) in [6.45, 7) is -0.162. The first-order valence-electron chi connectivity index (χ1n) is 6.94. The summed E-state index contributed by atoms with van der Waals surface area (Å²) in [5.74, 6) is 1.21. The van der Waals surface area contributed by atoms with E-state index in [-0.39, 0.29) is 11.7 Å². The first kappa shape index (κ1) is 15.4. The number of benzene rings is 1. The molecule has 1 aromatic carbocycles. The Labute approximate surface area is 122 Å². The summed E-state index contributed by atoms with van der Waals surface area (Å²) in [4.78, 5) is 7.61. The summed E-state index contributed by atoms with van der Waals surface area (Å²) in [6, 6.07) is 6.45. The zero-order valence-corrected chi connectivity index (χ0v) is 11.9. The van der Waals surface area contributed by atoms with E-state index in [1.54, 1.807) is 18.3 Å². The Kier molecular flexibility index (Phi) is 5.27. The maximum atomic E-state index is 12.1. The summed E-state index contributed by atoms with van der Waals surface area (Å²) in [7, 11) is 0. The molecule has 0 amide bonds. The van der Waals surface area contributed by atoms with Crippen LogP contribution in [0.2, 0.25) is 0 Å². The Morgan fingerprint density at radius 3 is 2.57 bits per heavy atom. The molecule has 21 heavy (non-hydrogen) atoms. The number of nitrogens with zero attached hydrogens (tertiary/aromatic N) is 1. The van der Waals surface area contributed by atoms with Gasteiger partial charge in [0.2, 0.25) is 0 Å². The number of H-pyrrole nitrogens is 1. The summed E-state index contributed by atoms with van der Waals surface area (Å²) in [5.41, 5.74) is 7.46. The van der Waals surface area contributed by atoms with Gasteiger partial charge in [-0.3, -0.25) is 0 Å². The van der Waals surface area contributed by atoms with Crippen molar-refractivity contribution >= 4 is 0 Å². The van der Waals surface area contributed by atoms with Crippen LogP contribution in [0.15, 0.2) is 30.5 Å². The molecule has 0 aliphatic heterocycles. The zero-order valence-electron chi connectivity index (χ0n) is 11.9. The van der Waals surface area contributed by atoms with Gasteiger partial charge in [-0.05, 0) is 36.2 Å². The first-order valence-corrected chi connectivity index (χ1v) is 6.94. The molecular weight excluding hydrogens is 276 g/mol. The van der Waals surface area contributed by atoms with Crippen LogP contribution >= 0.6 is 0 Å². The van der Waals surface area contributed by atoms with Gasteiger partial charge in [-0.1, -0.05) is 13.3 Å². The fraction of sp³-hybridized carbons (Fsp3) is 0.400. The molecule has 6 heteroatoms. The fourth-order valence-corrected chi connectivity index (χ4v) is 2.22. The molecule has 0 saturated carbocycles. The van der Waals surface area contributed by atoms with Gasteiger partial charge in [0, 0.05) is 12.5 Å². The lowest BCUT2D eigenvalue weighted by molar-refractivity contribution is -0.0498. The van der Waals surface area contributed by atoms with Gasteiger partial charge < -0.3 is 15.5 Å². The Hall–Kier alpha value is -1.95. The van der Waals surface area contributed by atoms with Gasteiger partial charge in [0.05, 0.1) is 11.9 Å². The maximum absolute atomic E-state index is 12.1. The van der Waals surface area contributed by atoms with Crippen molar-refractivity contribution in [1.82, 2.24) is 9.97 Å². The Bertz CT molecular complexity index is 554. The Balaban J connectivity index is 2.13. The van der Waals surface area contributed by atoms with Crippen LogP contribution in [0.4, 0.5) is 8.78 Å². The number of hydrogen-bond acceptors (Lipinski definition) is 3. The van der Waals surface area contributed by atoms with Gasteiger partial charge in [-0.25, -0.2) is 4.98 Å². The highest BCUT2D eigenvalue weighted by atomic mass is 19.3. The highest BCUT2D eigenvalue weighted by Gasteiger charge is 2.13. The van der Waals surface area contributed by atoms with Crippen LogP contribution in [0.3, 0.4) is 0 Å². The molecule has 0 saturated heterocycles. The second kappa shape index (κ2) is 7.17. The maximum Gasteiger partial charge on any atom is 0.387 e. The number of aromatic amines is 1. The van der Waals surface area contributed by atoms with E-state index in [1.165, 1.54) is 12.1 Å². The molecule has 3 N–H and O–H groups in total. The zero-order chi connectivity index (χ0) is 15.2. The van der Waals surface area contributed by atoms with Crippen LogP contribution in [0.5, 0.6) is 5.75 Å². The van der Waals surface area contributed by atoms with E-state index < -0.39 is 6.61 Å². The molecule has 0 fully saturated rings. The monoisotopic (exact) mass is 295 g/mol. The van der Waals surface area contributed by atoms with Gasteiger partial charge in [0.1, 0.15) is 11.6 Å². The van der Waals surface area contributed by atoms with Gasteiger partial charge >= 0.3 is 6.61 Å². The molecule has 114 valence electrons. The van der Waals surface area contributed by atoms with Crippen molar-refractivity contribution in [3.05, 3.63) is 36.3 Å². The summed E-state index contributed by atoms with van der Waals surface area (Å²) in [6.07, 6.45) is 3.75. The van der Waals surface area contributed by atoms with Crippen LogP contribution in [-0.4, -0.2) is 23.1 Å². The summed E-state index contributed by atoms with van der Waals surface area (Å²) < 4.78 is 28.5. The number of alkyl halides is 2. The number of rotatable bonds is 7. The van der Waals surface area contributed by atoms with Gasteiger partial charge in [0.15, 0.2) is 0 Å². The molecule has 1 atom stereocenters. The molecule has 0 aliphatic rings. The third-order valence-electron chi connectivity index (χ3n) is 3.29. The number of hydrogen-bond donors (Lipinski definition) is 2. The number of imidazole rings is 1. The van der Waals surface area contributed by atoms with Crippen molar-refractivity contribution < 1.29 is 13.5 Å². The number of nitrogens with one attached hydrogen (secondary N) is 1. The minimum absolute atomic E-state index is 0.138. The van der Waals surface area contributed by atoms with Crippen LogP contribution < -0.4 is 10.5 Å². The van der Waals surface area contributed by atoms with Crippen molar-refractivity contribution in [2.75, 3.05) is 6.54 Å². The number of aromatic nitrogens is 2. The average molecular weight is 295 g/mol. The number of halogens is 2. The lowest BCUT2D eigenvalue weighted by atomic mass is 10.0. The smallest absolute Gasteiger partial charge is 0.387 e. The molecule has 1 unspecified atom stereocenters. The Morgan fingerprint density at radius 1 is 1.29 bits per heavy atom. The Morgan fingerprint density at radius 2 is 2.00 bits per heavy atom. The van der Waals surface area contributed by atoms with Crippen LogP contribution in [0, 0.1) is 0 Å². The van der Waals surface area contributed by atoms with Gasteiger partial charge in [0.25, 0.3) is 0 Å². The lowest BCUT2D eigenvalue weighted by Gasteiger charge is -2.10. The third-order valence-corrected chi connectivity index (χ3v) is 3.29. The van der Waals surface area contributed by atoms with E-state index in [4.69, 9.17) is 5.73 Å².